The Morgan fingerprint density at radius 3 is 2.24 bits per heavy atom. The minimum Gasteiger partial charge on any atom is -0.457 e. The van der Waals surface area contributed by atoms with E-state index < -0.39 is 10.0 Å². The van der Waals surface area contributed by atoms with Crippen molar-refractivity contribution in [1.82, 2.24) is 14.8 Å². The van der Waals surface area contributed by atoms with E-state index in [-0.39, 0.29) is 41.4 Å². The summed E-state index contributed by atoms with van der Waals surface area (Å²) in [6, 6.07) is 13.0. The molecular formula is C24H26FN3O5S. The second-order valence-corrected chi connectivity index (χ2v) is 10.1. The van der Waals surface area contributed by atoms with Crippen LogP contribution in [0.15, 0.2) is 57.9 Å². The number of aromatic nitrogens is 1. The van der Waals surface area contributed by atoms with Crippen molar-refractivity contribution in [3.05, 3.63) is 71.4 Å². The molecule has 2 aromatic carbocycles. The Balaban J connectivity index is 1.27. The standard InChI is InChI=1S/C24H26FN3O5S/c1-16-23(17(2)33-27-16)34(30,31)28-13-11-19(12-14-28)24(29)26-15-18-3-7-21(8-4-18)32-22-9-5-20(25)6-10-22/h3-10,19H,11-15H2,1-2H3,(H,26,29). The topological polar surface area (TPSA) is 102 Å². The molecule has 0 saturated carbocycles. The summed E-state index contributed by atoms with van der Waals surface area (Å²) in [5, 5.41) is 6.67. The zero-order valence-electron chi connectivity index (χ0n) is 19.0. The minimum atomic E-state index is -3.70. The molecule has 0 unspecified atom stereocenters. The number of rotatable bonds is 7. The van der Waals surface area contributed by atoms with E-state index in [1.165, 1.54) is 16.4 Å². The smallest absolute Gasteiger partial charge is 0.248 e. The molecule has 180 valence electrons. The summed E-state index contributed by atoms with van der Waals surface area (Å²) in [6.45, 7) is 4.06. The summed E-state index contributed by atoms with van der Waals surface area (Å²) in [6.07, 6.45) is 0.887. The number of ether oxygens (including phenoxy) is 1. The summed E-state index contributed by atoms with van der Waals surface area (Å²) in [5.74, 6) is 0.731. The van der Waals surface area contributed by atoms with Crippen LogP contribution < -0.4 is 10.1 Å². The van der Waals surface area contributed by atoms with Crippen LogP contribution in [-0.2, 0) is 21.4 Å². The molecule has 10 heteroatoms. The number of amides is 1. The van der Waals surface area contributed by atoms with Gasteiger partial charge in [-0.1, -0.05) is 17.3 Å². The predicted octanol–water partition coefficient (Wildman–Crippen LogP) is 3.94. The molecule has 1 aromatic heterocycles. The van der Waals surface area contributed by atoms with Gasteiger partial charge in [0.05, 0.1) is 0 Å². The van der Waals surface area contributed by atoms with Crippen LogP contribution in [0.2, 0.25) is 0 Å². The first-order chi connectivity index (χ1) is 16.2. The number of hydrogen-bond donors (Lipinski definition) is 1. The number of sulfonamides is 1. The predicted molar refractivity (Wildman–Crippen MR) is 122 cm³/mol. The fraction of sp³-hybridized carbons (Fsp3) is 0.333. The van der Waals surface area contributed by atoms with Gasteiger partial charge in [-0.2, -0.15) is 4.31 Å². The lowest BCUT2D eigenvalue weighted by atomic mass is 9.97. The molecule has 8 nitrogen and oxygen atoms in total. The zero-order chi connectivity index (χ0) is 24.3. The number of nitrogens with zero attached hydrogens (tertiary/aromatic N) is 2. The average molecular weight is 488 g/mol. The molecule has 1 aliphatic rings. The number of carbonyl (C=O) groups excluding carboxylic acids is 1. The quantitative estimate of drug-likeness (QED) is 0.542. The maximum absolute atomic E-state index is 13.0. The fourth-order valence-electron chi connectivity index (χ4n) is 3.98. The maximum atomic E-state index is 13.0. The summed E-state index contributed by atoms with van der Waals surface area (Å²) < 4.78 is 50.9. The van der Waals surface area contributed by atoms with Crippen molar-refractivity contribution < 1.29 is 26.9 Å². The summed E-state index contributed by atoms with van der Waals surface area (Å²) in [7, 11) is -3.70. The van der Waals surface area contributed by atoms with Crippen LogP contribution >= 0.6 is 0 Å². The lowest BCUT2D eigenvalue weighted by Crippen LogP contribution is -2.43. The maximum Gasteiger partial charge on any atom is 0.248 e. The van der Waals surface area contributed by atoms with E-state index in [4.69, 9.17) is 9.26 Å². The molecule has 1 amide bonds. The Morgan fingerprint density at radius 2 is 1.68 bits per heavy atom. The number of hydrogen-bond acceptors (Lipinski definition) is 6. The first-order valence-corrected chi connectivity index (χ1v) is 12.4. The van der Waals surface area contributed by atoms with E-state index in [9.17, 15) is 17.6 Å². The molecule has 3 aromatic rings. The van der Waals surface area contributed by atoms with Gasteiger partial charge in [0.15, 0.2) is 5.76 Å². The molecule has 0 atom stereocenters. The second-order valence-electron chi connectivity index (χ2n) is 8.25. The van der Waals surface area contributed by atoms with Gasteiger partial charge in [0.2, 0.25) is 15.9 Å². The molecule has 2 heterocycles. The van der Waals surface area contributed by atoms with Gasteiger partial charge in [0.1, 0.15) is 27.9 Å². The third-order valence-corrected chi connectivity index (χ3v) is 7.97. The Morgan fingerprint density at radius 1 is 1.09 bits per heavy atom. The molecule has 0 radical (unpaired) electrons. The molecule has 0 aliphatic carbocycles. The van der Waals surface area contributed by atoms with Crippen LogP contribution in [0.4, 0.5) is 4.39 Å². The SMILES string of the molecule is Cc1noc(C)c1S(=O)(=O)N1CCC(C(=O)NCc2ccc(Oc3ccc(F)cc3)cc2)CC1. The van der Waals surface area contributed by atoms with E-state index in [1.54, 1.807) is 38.1 Å². The van der Waals surface area contributed by atoms with Crippen molar-refractivity contribution >= 4 is 15.9 Å². The molecule has 34 heavy (non-hydrogen) atoms. The van der Waals surface area contributed by atoms with Crippen molar-refractivity contribution in [2.45, 2.75) is 38.1 Å². The van der Waals surface area contributed by atoms with Gasteiger partial charge in [-0.25, -0.2) is 12.8 Å². The van der Waals surface area contributed by atoms with Gasteiger partial charge in [0.25, 0.3) is 0 Å². The monoisotopic (exact) mass is 487 g/mol. The molecule has 0 spiro atoms. The first kappa shape index (κ1) is 23.9. The number of nitrogens with one attached hydrogen (secondary N) is 1. The molecule has 1 saturated heterocycles. The normalized spacial score (nSPS) is 15.3. The van der Waals surface area contributed by atoms with Crippen molar-refractivity contribution in [2.75, 3.05) is 13.1 Å². The van der Waals surface area contributed by atoms with Crippen LogP contribution in [0.3, 0.4) is 0 Å². The van der Waals surface area contributed by atoms with Crippen molar-refractivity contribution in [1.29, 1.82) is 0 Å². The lowest BCUT2D eigenvalue weighted by Gasteiger charge is -2.30. The van der Waals surface area contributed by atoms with Crippen molar-refractivity contribution in [2.24, 2.45) is 5.92 Å². The summed E-state index contributed by atoms with van der Waals surface area (Å²) >= 11 is 0. The fourth-order valence-corrected chi connectivity index (χ4v) is 5.74. The third kappa shape index (κ3) is 5.28. The van der Waals surface area contributed by atoms with Gasteiger partial charge in [-0.05, 0) is 68.7 Å². The van der Waals surface area contributed by atoms with Crippen molar-refractivity contribution in [3.8, 4) is 11.5 Å². The van der Waals surface area contributed by atoms with Crippen molar-refractivity contribution in [3.63, 3.8) is 0 Å². The minimum absolute atomic E-state index is 0.0963. The van der Waals surface area contributed by atoms with E-state index in [1.807, 2.05) is 12.1 Å². The molecule has 1 fully saturated rings. The van der Waals surface area contributed by atoms with Crippen LogP contribution in [-0.4, -0.2) is 36.9 Å². The van der Waals surface area contributed by atoms with E-state index in [2.05, 4.69) is 10.5 Å². The average Bonchev–Trinajstić information content (AvgIpc) is 3.18. The summed E-state index contributed by atoms with van der Waals surface area (Å²) in [5.41, 5.74) is 1.24. The van der Waals surface area contributed by atoms with E-state index >= 15 is 0 Å². The number of piperidine rings is 1. The second kappa shape index (κ2) is 9.94. The largest absolute Gasteiger partial charge is 0.457 e. The Labute approximate surface area is 197 Å². The Bertz CT molecular complexity index is 1230. The van der Waals surface area contributed by atoms with Gasteiger partial charge in [0, 0.05) is 25.6 Å². The number of carbonyl (C=O) groups is 1. The van der Waals surface area contributed by atoms with Gasteiger partial charge in [-0.15, -0.1) is 0 Å². The van der Waals surface area contributed by atoms with Crippen LogP contribution in [0.25, 0.3) is 0 Å². The highest BCUT2D eigenvalue weighted by atomic mass is 32.2. The third-order valence-electron chi connectivity index (χ3n) is 5.83. The Kier molecular flexibility index (Phi) is 6.99. The van der Waals surface area contributed by atoms with E-state index in [0.29, 0.717) is 36.6 Å². The Hall–Kier alpha value is -3.24. The first-order valence-electron chi connectivity index (χ1n) is 11.0. The highest BCUT2D eigenvalue weighted by molar-refractivity contribution is 7.89. The zero-order valence-corrected chi connectivity index (χ0v) is 19.8. The summed E-state index contributed by atoms with van der Waals surface area (Å²) in [4.78, 5) is 12.8. The highest BCUT2D eigenvalue weighted by Gasteiger charge is 2.35. The number of halogens is 1. The lowest BCUT2D eigenvalue weighted by molar-refractivity contribution is -0.126. The number of benzene rings is 2. The van der Waals surface area contributed by atoms with Crippen LogP contribution in [0.1, 0.15) is 29.9 Å². The van der Waals surface area contributed by atoms with Crippen LogP contribution in [0.5, 0.6) is 11.5 Å². The molecule has 4 rings (SSSR count). The van der Waals surface area contributed by atoms with Gasteiger partial charge < -0.3 is 14.6 Å². The highest BCUT2D eigenvalue weighted by Crippen LogP contribution is 2.28. The van der Waals surface area contributed by atoms with Gasteiger partial charge in [-0.3, -0.25) is 4.79 Å². The molecule has 1 aliphatic heterocycles. The molecule has 0 bridgehead atoms. The van der Waals surface area contributed by atoms with Crippen LogP contribution in [0, 0.1) is 25.6 Å². The molecular weight excluding hydrogens is 461 g/mol. The van der Waals surface area contributed by atoms with E-state index in [0.717, 1.165) is 5.56 Å². The van der Waals surface area contributed by atoms with Gasteiger partial charge >= 0.3 is 0 Å². The molecule has 1 N–H and O–H groups in total. The number of aryl methyl sites for hydroxylation is 2.